The summed E-state index contributed by atoms with van der Waals surface area (Å²) in [5, 5.41) is 10.0. The number of aromatic nitrogens is 2. The number of methoxy groups -OCH3 is 2. The van der Waals surface area contributed by atoms with Gasteiger partial charge in [0.2, 0.25) is 0 Å². The van der Waals surface area contributed by atoms with E-state index in [2.05, 4.69) is 31.2 Å². The van der Waals surface area contributed by atoms with E-state index in [1.807, 2.05) is 16.1 Å². The van der Waals surface area contributed by atoms with E-state index in [1.165, 1.54) is 0 Å². The fourth-order valence-electron chi connectivity index (χ4n) is 2.41. The highest BCUT2D eigenvalue weighted by molar-refractivity contribution is 7.10. The van der Waals surface area contributed by atoms with Gasteiger partial charge in [0.05, 0.1) is 31.3 Å². The van der Waals surface area contributed by atoms with Crippen LogP contribution in [0, 0.1) is 0 Å². The lowest BCUT2D eigenvalue weighted by Gasteiger charge is -2.22. The van der Waals surface area contributed by atoms with E-state index in [0.29, 0.717) is 0 Å². The van der Waals surface area contributed by atoms with Gasteiger partial charge in [-0.05, 0) is 31.8 Å². The predicted molar refractivity (Wildman–Crippen MR) is 85.6 cm³/mol. The van der Waals surface area contributed by atoms with Gasteiger partial charge >= 0.3 is 0 Å². The Morgan fingerprint density at radius 1 is 1.29 bits per heavy atom. The Balaban J connectivity index is 2.55. The van der Waals surface area contributed by atoms with E-state index in [0.717, 1.165) is 28.6 Å². The lowest BCUT2D eigenvalue weighted by atomic mass is 10.1. The van der Waals surface area contributed by atoms with Crippen molar-refractivity contribution in [1.29, 1.82) is 0 Å². The highest BCUT2D eigenvalue weighted by atomic mass is 32.1. The van der Waals surface area contributed by atoms with Crippen LogP contribution >= 0.6 is 11.3 Å². The number of thiophene rings is 1. The first-order valence-corrected chi connectivity index (χ1v) is 7.98. The van der Waals surface area contributed by atoms with E-state index in [-0.39, 0.29) is 12.1 Å². The standard InChI is InChI=1S/C15H23N3O2S/c1-6-16-13(15-11(19-4)7-8-21-15)14-12(20-5)9-17-18(14)10(2)3/h7-10,13,16H,6H2,1-5H3. The average molecular weight is 309 g/mol. The summed E-state index contributed by atoms with van der Waals surface area (Å²) in [6, 6.07) is 2.26. The minimum Gasteiger partial charge on any atom is -0.496 e. The number of rotatable bonds is 7. The Labute approximate surface area is 129 Å². The maximum absolute atomic E-state index is 5.52. The molecule has 0 bridgehead atoms. The molecule has 0 aliphatic carbocycles. The van der Waals surface area contributed by atoms with Crippen LogP contribution in [-0.2, 0) is 0 Å². The van der Waals surface area contributed by atoms with Crippen LogP contribution in [0.1, 0.15) is 43.4 Å². The number of nitrogens with one attached hydrogen (secondary N) is 1. The van der Waals surface area contributed by atoms with Crippen LogP contribution in [0.3, 0.4) is 0 Å². The Morgan fingerprint density at radius 3 is 2.57 bits per heavy atom. The molecule has 0 amide bonds. The summed E-state index contributed by atoms with van der Waals surface area (Å²) in [7, 11) is 3.38. The molecule has 0 radical (unpaired) electrons. The molecule has 0 fully saturated rings. The lowest BCUT2D eigenvalue weighted by molar-refractivity contribution is 0.386. The summed E-state index contributed by atoms with van der Waals surface area (Å²) in [6.45, 7) is 7.17. The quantitative estimate of drug-likeness (QED) is 0.853. The van der Waals surface area contributed by atoms with Gasteiger partial charge in [0.1, 0.15) is 11.4 Å². The van der Waals surface area contributed by atoms with Gasteiger partial charge in [-0.2, -0.15) is 5.10 Å². The topological polar surface area (TPSA) is 48.3 Å². The van der Waals surface area contributed by atoms with Gasteiger partial charge in [-0.1, -0.05) is 6.92 Å². The van der Waals surface area contributed by atoms with Crippen LogP contribution in [-0.4, -0.2) is 30.5 Å². The zero-order valence-electron chi connectivity index (χ0n) is 13.2. The van der Waals surface area contributed by atoms with Crippen molar-refractivity contribution in [1.82, 2.24) is 15.1 Å². The lowest BCUT2D eigenvalue weighted by Crippen LogP contribution is -2.25. The summed E-state index contributed by atoms with van der Waals surface area (Å²) < 4.78 is 13.0. The molecule has 2 aromatic rings. The third-order valence-corrected chi connectivity index (χ3v) is 4.29. The molecule has 0 aromatic carbocycles. The van der Waals surface area contributed by atoms with Crippen LogP contribution in [0.5, 0.6) is 11.5 Å². The largest absolute Gasteiger partial charge is 0.496 e. The highest BCUT2D eigenvalue weighted by Crippen LogP contribution is 2.38. The second-order valence-electron chi connectivity index (χ2n) is 4.98. The van der Waals surface area contributed by atoms with Gasteiger partial charge < -0.3 is 14.8 Å². The summed E-state index contributed by atoms with van der Waals surface area (Å²) in [5.41, 5.74) is 1.04. The smallest absolute Gasteiger partial charge is 0.161 e. The Bertz CT molecular complexity index is 577. The van der Waals surface area contributed by atoms with E-state index in [1.54, 1.807) is 31.8 Å². The summed E-state index contributed by atoms with van der Waals surface area (Å²) in [6.07, 6.45) is 1.78. The normalized spacial score (nSPS) is 12.7. The molecule has 1 N–H and O–H groups in total. The van der Waals surface area contributed by atoms with Gasteiger partial charge in [0.15, 0.2) is 5.75 Å². The molecule has 0 aliphatic rings. The van der Waals surface area contributed by atoms with Crippen molar-refractivity contribution in [3.05, 3.63) is 28.2 Å². The Hall–Kier alpha value is -1.53. The fraction of sp³-hybridized carbons (Fsp3) is 0.533. The molecule has 1 unspecified atom stereocenters. The van der Waals surface area contributed by atoms with E-state index in [4.69, 9.17) is 9.47 Å². The SMILES string of the molecule is CCNC(c1sccc1OC)c1c(OC)cnn1C(C)C. The van der Waals surface area contributed by atoms with Crippen molar-refractivity contribution in [2.75, 3.05) is 20.8 Å². The molecule has 1 atom stereocenters. The summed E-state index contributed by atoms with van der Waals surface area (Å²) >= 11 is 1.68. The van der Waals surface area contributed by atoms with Crippen molar-refractivity contribution in [3.63, 3.8) is 0 Å². The van der Waals surface area contributed by atoms with E-state index >= 15 is 0 Å². The molecule has 2 heterocycles. The maximum Gasteiger partial charge on any atom is 0.161 e. The molecule has 21 heavy (non-hydrogen) atoms. The van der Waals surface area contributed by atoms with Gasteiger partial charge in [0.25, 0.3) is 0 Å². The molecular weight excluding hydrogens is 286 g/mol. The second-order valence-corrected chi connectivity index (χ2v) is 5.93. The predicted octanol–water partition coefficient (Wildman–Crippen LogP) is 3.24. The minimum absolute atomic E-state index is 0.00444. The first-order chi connectivity index (χ1) is 10.1. The first kappa shape index (κ1) is 15.9. The van der Waals surface area contributed by atoms with Crippen LogP contribution in [0.2, 0.25) is 0 Å². The fourth-order valence-corrected chi connectivity index (χ4v) is 3.34. The van der Waals surface area contributed by atoms with Crippen LogP contribution < -0.4 is 14.8 Å². The third kappa shape index (κ3) is 3.06. The van der Waals surface area contributed by atoms with Gasteiger partial charge in [-0.15, -0.1) is 11.3 Å². The van der Waals surface area contributed by atoms with Gasteiger partial charge in [-0.3, -0.25) is 4.68 Å². The first-order valence-electron chi connectivity index (χ1n) is 7.10. The second kappa shape index (κ2) is 6.95. The number of nitrogens with zero attached hydrogens (tertiary/aromatic N) is 2. The van der Waals surface area contributed by atoms with Crippen molar-refractivity contribution in [2.45, 2.75) is 32.9 Å². The molecular formula is C15H23N3O2S. The van der Waals surface area contributed by atoms with Crippen molar-refractivity contribution < 1.29 is 9.47 Å². The van der Waals surface area contributed by atoms with Crippen molar-refractivity contribution >= 4 is 11.3 Å². The Morgan fingerprint density at radius 2 is 2.00 bits per heavy atom. The van der Waals surface area contributed by atoms with Gasteiger partial charge in [-0.25, -0.2) is 0 Å². The molecule has 116 valence electrons. The molecule has 6 heteroatoms. The minimum atomic E-state index is 0.00444. The van der Waals surface area contributed by atoms with Gasteiger partial charge in [0, 0.05) is 6.04 Å². The van der Waals surface area contributed by atoms with E-state index < -0.39 is 0 Å². The van der Waals surface area contributed by atoms with Crippen LogP contribution in [0.15, 0.2) is 17.6 Å². The van der Waals surface area contributed by atoms with Crippen LogP contribution in [0.4, 0.5) is 0 Å². The van der Waals surface area contributed by atoms with E-state index in [9.17, 15) is 0 Å². The molecule has 2 rings (SSSR count). The maximum atomic E-state index is 5.52. The zero-order chi connectivity index (χ0) is 15.4. The van der Waals surface area contributed by atoms with Crippen molar-refractivity contribution in [3.8, 4) is 11.5 Å². The zero-order valence-corrected chi connectivity index (χ0v) is 14.0. The molecule has 0 saturated carbocycles. The number of hydrogen-bond donors (Lipinski definition) is 1. The third-order valence-electron chi connectivity index (χ3n) is 3.33. The molecule has 0 aliphatic heterocycles. The highest BCUT2D eigenvalue weighted by Gasteiger charge is 2.27. The van der Waals surface area contributed by atoms with Crippen LogP contribution in [0.25, 0.3) is 0 Å². The number of hydrogen-bond acceptors (Lipinski definition) is 5. The molecule has 0 saturated heterocycles. The molecule has 0 spiro atoms. The monoisotopic (exact) mass is 309 g/mol. The Kier molecular flexibility index (Phi) is 5.25. The van der Waals surface area contributed by atoms with Crippen molar-refractivity contribution in [2.24, 2.45) is 0 Å². The summed E-state index contributed by atoms with van der Waals surface area (Å²) in [5.74, 6) is 1.69. The number of ether oxygens (including phenoxy) is 2. The summed E-state index contributed by atoms with van der Waals surface area (Å²) in [4.78, 5) is 1.14. The molecule has 2 aromatic heterocycles. The average Bonchev–Trinajstić information content (AvgIpc) is 3.10. The molecule has 5 nitrogen and oxygen atoms in total.